The van der Waals surface area contributed by atoms with E-state index in [9.17, 15) is 9.90 Å². The first kappa shape index (κ1) is 9.49. The van der Waals surface area contributed by atoms with Crippen molar-refractivity contribution in [2.45, 2.75) is 32.6 Å². The second-order valence-electron chi connectivity index (χ2n) is 6.76. The van der Waals surface area contributed by atoms with Crippen LogP contribution >= 0.6 is 0 Å². The van der Waals surface area contributed by atoms with Crippen molar-refractivity contribution in [3.05, 3.63) is 0 Å². The molecular formula is C14H19O2-. The minimum atomic E-state index is -0.763. The number of fused-ring (bicyclic) bond motifs is 9. The maximum atomic E-state index is 11.3. The Kier molecular flexibility index (Phi) is 1.68. The van der Waals surface area contributed by atoms with Gasteiger partial charge in [-0.15, -0.1) is 0 Å². The van der Waals surface area contributed by atoms with Gasteiger partial charge in [-0.1, -0.05) is 6.92 Å². The zero-order chi connectivity index (χ0) is 11.0. The van der Waals surface area contributed by atoms with E-state index >= 15 is 0 Å². The van der Waals surface area contributed by atoms with E-state index < -0.39 is 5.97 Å². The normalized spacial score (nSPS) is 61.6. The van der Waals surface area contributed by atoms with E-state index in [4.69, 9.17) is 0 Å². The molecule has 2 heteroatoms. The van der Waals surface area contributed by atoms with Gasteiger partial charge in [-0.05, 0) is 67.1 Å². The van der Waals surface area contributed by atoms with Crippen LogP contribution in [0.15, 0.2) is 0 Å². The van der Waals surface area contributed by atoms with Crippen LogP contribution in [0.5, 0.6) is 0 Å². The Labute approximate surface area is 96.4 Å². The maximum Gasteiger partial charge on any atom is 0.0450 e. The Morgan fingerprint density at radius 3 is 2.31 bits per heavy atom. The summed E-state index contributed by atoms with van der Waals surface area (Å²) in [5.41, 5.74) is 0. The minimum Gasteiger partial charge on any atom is -0.550 e. The molecule has 8 unspecified atom stereocenters. The quantitative estimate of drug-likeness (QED) is 0.624. The molecule has 0 heterocycles. The first-order chi connectivity index (χ1) is 7.68. The topological polar surface area (TPSA) is 40.1 Å². The van der Waals surface area contributed by atoms with Crippen molar-refractivity contribution in [3.63, 3.8) is 0 Å². The Bertz CT molecular complexity index is 351. The van der Waals surface area contributed by atoms with E-state index in [0.29, 0.717) is 17.8 Å². The van der Waals surface area contributed by atoms with Crippen LogP contribution in [0.4, 0.5) is 0 Å². The Morgan fingerprint density at radius 2 is 1.69 bits per heavy atom. The zero-order valence-electron chi connectivity index (χ0n) is 9.76. The van der Waals surface area contributed by atoms with Gasteiger partial charge < -0.3 is 9.90 Å². The van der Waals surface area contributed by atoms with Gasteiger partial charge in [0.05, 0.1) is 0 Å². The number of rotatable bonds is 1. The van der Waals surface area contributed by atoms with Gasteiger partial charge in [-0.3, -0.25) is 0 Å². The lowest BCUT2D eigenvalue weighted by Crippen LogP contribution is -2.45. The highest BCUT2D eigenvalue weighted by Gasteiger charge is 2.64. The van der Waals surface area contributed by atoms with E-state index in [-0.39, 0.29) is 5.92 Å². The molecule has 4 bridgehead atoms. The average molecular weight is 219 g/mol. The second-order valence-corrected chi connectivity index (χ2v) is 6.76. The molecule has 4 aliphatic carbocycles. The smallest absolute Gasteiger partial charge is 0.0450 e. The minimum absolute atomic E-state index is 0.120. The van der Waals surface area contributed by atoms with Crippen LogP contribution in [0.1, 0.15) is 32.6 Å². The van der Waals surface area contributed by atoms with Crippen LogP contribution in [-0.2, 0) is 4.79 Å². The molecular weight excluding hydrogens is 200 g/mol. The molecule has 0 aliphatic heterocycles. The van der Waals surface area contributed by atoms with E-state index in [2.05, 4.69) is 6.92 Å². The van der Waals surface area contributed by atoms with Crippen molar-refractivity contribution >= 4 is 5.97 Å². The summed E-state index contributed by atoms with van der Waals surface area (Å²) in [6, 6.07) is 0. The molecule has 4 saturated carbocycles. The fourth-order valence-corrected chi connectivity index (χ4v) is 6.28. The third-order valence-corrected chi connectivity index (χ3v) is 6.56. The summed E-state index contributed by atoms with van der Waals surface area (Å²) >= 11 is 0. The second kappa shape index (κ2) is 2.83. The van der Waals surface area contributed by atoms with E-state index in [1.807, 2.05) is 0 Å². The third kappa shape index (κ3) is 0.892. The van der Waals surface area contributed by atoms with Gasteiger partial charge >= 0.3 is 0 Å². The molecule has 4 fully saturated rings. The Balaban J connectivity index is 1.72. The van der Waals surface area contributed by atoms with Crippen LogP contribution in [0.3, 0.4) is 0 Å². The predicted octanol–water partition coefficient (Wildman–Crippen LogP) is 1.30. The molecule has 0 N–H and O–H groups in total. The zero-order valence-corrected chi connectivity index (χ0v) is 9.76. The van der Waals surface area contributed by atoms with Crippen molar-refractivity contribution in [1.29, 1.82) is 0 Å². The highest BCUT2D eigenvalue weighted by atomic mass is 16.4. The summed E-state index contributed by atoms with van der Waals surface area (Å²) in [5.74, 6) is 4.19. The predicted molar refractivity (Wildman–Crippen MR) is 57.1 cm³/mol. The van der Waals surface area contributed by atoms with Crippen LogP contribution in [0, 0.1) is 47.3 Å². The summed E-state index contributed by atoms with van der Waals surface area (Å²) in [6.45, 7) is 2.16. The monoisotopic (exact) mass is 219 g/mol. The third-order valence-electron chi connectivity index (χ3n) is 6.56. The number of aliphatic carboxylic acids is 1. The van der Waals surface area contributed by atoms with Crippen molar-refractivity contribution < 1.29 is 9.90 Å². The Hall–Kier alpha value is -0.530. The molecule has 16 heavy (non-hydrogen) atoms. The van der Waals surface area contributed by atoms with Crippen LogP contribution < -0.4 is 5.11 Å². The molecule has 0 saturated heterocycles. The summed E-state index contributed by atoms with van der Waals surface area (Å²) < 4.78 is 0. The van der Waals surface area contributed by atoms with E-state index in [0.717, 1.165) is 23.7 Å². The number of carbonyl (C=O) groups excluding carboxylic acids is 1. The molecule has 0 radical (unpaired) electrons. The molecule has 8 atom stereocenters. The average Bonchev–Trinajstić information content (AvgIpc) is 2.92. The number of carbonyl (C=O) groups is 1. The van der Waals surface area contributed by atoms with Crippen molar-refractivity contribution in [2.75, 3.05) is 0 Å². The molecule has 0 spiro atoms. The molecule has 88 valence electrons. The summed E-state index contributed by atoms with van der Waals surface area (Å²) in [5, 5.41) is 11.3. The molecule has 0 aromatic rings. The highest BCUT2D eigenvalue weighted by Crippen LogP contribution is 2.70. The van der Waals surface area contributed by atoms with Crippen LogP contribution in [0.25, 0.3) is 0 Å². The van der Waals surface area contributed by atoms with Crippen LogP contribution in [0.2, 0.25) is 0 Å². The SMILES string of the molecule is CC1C2CC(C1C(=O)[O-])C1C3CCC(C3)C21. The van der Waals surface area contributed by atoms with Gasteiger partial charge in [0.15, 0.2) is 0 Å². The van der Waals surface area contributed by atoms with Crippen molar-refractivity contribution in [1.82, 2.24) is 0 Å². The van der Waals surface area contributed by atoms with Gasteiger partial charge in [0, 0.05) is 11.9 Å². The lowest BCUT2D eigenvalue weighted by molar-refractivity contribution is -0.315. The van der Waals surface area contributed by atoms with Gasteiger partial charge in [0.1, 0.15) is 0 Å². The first-order valence-corrected chi connectivity index (χ1v) is 6.89. The van der Waals surface area contributed by atoms with E-state index in [1.54, 1.807) is 0 Å². The molecule has 2 nitrogen and oxygen atoms in total. The molecule has 4 rings (SSSR count). The number of carboxylic acids is 1. The number of hydrogen-bond acceptors (Lipinski definition) is 2. The summed E-state index contributed by atoms with van der Waals surface area (Å²) in [7, 11) is 0. The number of hydrogen-bond donors (Lipinski definition) is 0. The lowest BCUT2D eigenvalue weighted by atomic mass is 9.64. The summed E-state index contributed by atoms with van der Waals surface area (Å²) in [6.07, 6.45) is 5.41. The van der Waals surface area contributed by atoms with E-state index in [1.165, 1.54) is 25.7 Å². The maximum absolute atomic E-state index is 11.3. The number of carboxylic acid groups (broad SMARTS) is 1. The van der Waals surface area contributed by atoms with Crippen molar-refractivity contribution in [2.24, 2.45) is 47.3 Å². The molecule has 0 aromatic heterocycles. The fourth-order valence-electron chi connectivity index (χ4n) is 6.28. The lowest BCUT2D eigenvalue weighted by Gasteiger charge is -2.42. The molecule has 0 aromatic carbocycles. The van der Waals surface area contributed by atoms with Crippen LogP contribution in [-0.4, -0.2) is 5.97 Å². The van der Waals surface area contributed by atoms with Crippen molar-refractivity contribution in [3.8, 4) is 0 Å². The standard InChI is InChI=1S/C14H20O2/c1-6-9-5-10(11(6)14(15)16)13-8-3-2-7(4-8)12(9)13/h6-13H,2-5H2,1H3,(H,15,16)/p-1. The fraction of sp³-hybridized carbons (Fsp3) is 0.929. The summed E-state index contributed by atoms with van der Waals surface area (Å²) in [4.78, 5) is 11.3. The van der Waals surface area contributed by atoms with Gasteiger partial charge in [0.25, 0.3) is 0 Å². The molecule has 4 aliphatic rings. The first-order valence-electron chi connectivity index (χ1n) is 6.89. The van der Waals surface area contributed by atoms with Gasteiger partial charge in [-0.2, -0.15) is 0 Å². The van der Waals surface area contributed by atoms with Gasteiger partial charge in [0.2, 0.25) is 0 Å². The largest absolute Gasteiger partial charge is 0.550 e. The Morgan fingerprint density at radius 1 is 1.06 bits per heavy atom. The van der Waals surface area contributed by atoms with Gasteiger partial charge in [-0.25, -0.2) is 0 Å². The highest BCUT2D eigenvalue weighted by molar-refractivity contribution is 5.69. The molecule has 0 amide bonds.